The molecule has 3 aromatic rings. The fourth-order valence-electron chi connectivity index (χ4n) is 4.51. The molecule has 0 bridgehead atoms. The van der Waals surface area contributed by atoms with Crippen molar-refractivity contribution >= 4 is 28.7 Å². The number of nitrogens with zero attached hydrogens (tertiary/aromatic N) is 4. The van der Waals surface area contributed by atoms with Gasteiger partial charge in [0.2, 0.25) is 11.9 Å². The number of fused-ring (bicyclic) bond motifs is 1. The second-order valence-electron chi connectivity index (χ2n) is 8.57. The molecule has 34 heavy (non-hydrogen) atoms. The number of hydrogen-bond donors (Lipinski definition) is 3. The van der Waals surface area contributed by atoms with Gasteiger partial charge in [-0.3, -0.25) is 4.57 Å². The second-order valence-corrected chi connectivity index (χ2v) is 8.57. The maximum Gasteiger partial charge on any atom is 0.224 e. The van der Waals surface area contributed by atoms with Crippen molar-refractivity contribution in [2.75, 3.05) is 23.8 Å². The fraction of sp³-hybridized carbons (Fsp3) is 0.522. The molecule has 0 unspecified atom stereocenters. The van der Waals surface area contributed by atoms with E-state index in [2.05, 4.69) is 25.6 Å². The van der Waals surface area contributed by atoms with Crippen molar-refractivity contribution in [3.05, 3.63) is 35.8 Å². The zero-order valence-electron chi connectivity index (χ0n) is 17.9. The van der Waals surface area contributed by atoms with E-state index >= 15 is 0 Å². The van der Waals surface area contributed by atoms with Gasteiger partial charge in [0.15, 0.2) is 17.3 Å². The zero-order valence-corrected chi connectivity index (χ0v) is 17.9. The van der Waals surface area contributed by atoms with Crippen molar-refractivity contribution in [3.8, 4) is 0 Å². The Hall–Kier alpha value is -2.92. The van der Waals surface area contributed by atoms with E-state index in [1.807, 2.05) is 0 Å². The zero-order chi connectivity index (χ0) is 22.9. The molecule has 1 saturated carbocycles. The molecule has 2 fully saturated rings. The lowest BCUT2D eigenvalue weighted by molar-refractivity contribution is 0.0903. The van der Waals surface area contributed by atoms with Crippen LogP contribution in [0.1, 0.15) is 52.0 Å². The SMILES string of the molecule is C.OC1CCC(n2c(Nc3c(F)cc(F)cc3F)nc3cnc(NC4CCOCC4)nc32)CC1. The number of nitrogens with one attached hydrogen (secondary N) is 2. The molecule has 11 heteroatoms. The summed E-state index contributed by atoms with van der Waals surface area (Å²) in [4.78, 5) is 13.5. The quantitative estimate of drug-likeness (QED) is 0.490. The van der Waals surface area contributed by atoms with Gasteiger partial charge in [-0.25, -0.2) is 23.1 Å². The lowest BCUT2D eigenvalue weighted by Crippen LogP contribution is -2.28. The standard InChI is InChI=1S/C22H25F3N6O2.CH4/c23-12-9-16(24)19(17(25)10-12)29-22-28-18-11-26-21(27-13-5-7-33-8-6-13)30-20(18)31(22)14-1-3-15(32)4-2-14;/h9-11,13-15,32H,1-8H2,(H,28,29)(H,26,27,30);1H4. The van der Waals surface area contributed by atoms with E-state index in [0.717, 1.165) is 12.8 Å². The highest BCUT2D eigenvalue weighted by atomic mass is 19.1. The molecule has 5 rings (SSSR count). The van der Waals surface area contributed by atoms with E-state index in [9.17, 15) is 18.3 Å². The van der Waals surface area contributed by atoms with Gasteiger partial charge in [0.1, 0.15) is 17.0 Å². The fourth-order valence-corrected chi connectivity index (χ4v) is 4.51. The van der Waals surface area contributed by atoms with Gasteiger partial charge < -0.3 is 20.5 Å². The Morgan fingerprint density at radius 1 is 0.971 bits per heavy atom. The molecule has 2 aromatic heterocycles. The molecule has 2 aliphatic rings. The van der Waals surface area contributed by atoms with Crippen molar-refractivity contribution in [3.63, 3.8) is 0 Å². The lowest BCUT2D eigenvalue weighted by atomic mass is 9.93. The van der Waals surface area contributed by atoms with Crippen LogP contribution in [0.4, 0.5) is 30.8 Å². The van der Waals surface area contributed by atoms with Gasteiger partial charge in [-0.15, -0.1) is 0 Å². The summed E-state index contributed by atoms with van der Waals surface area (Å²) >= 11 is 0. The molecule has 1 aliphatic carbocycles. The van der Waals surface area contributed by atoms with Gasteiger partial charge in [-0.2, -0.15) is 4.98 Å². The van der Waals surface area contributed by atoms with Crippen molar-refractivity contribution in [1.82, 2.24) is 19.5 Å². The number of rotatable bonds is 5. The lowest BCUT2D eigenvalue weighted by Gasteiger charge is -2.28. The average Bonchev–Trinajstić information content (AvgIpc) is 3.15. The molecule has 3 N–H and O–H groups in total. The van der Waals surface area contributed by atoms with Crippen molar-refractivity contribution in [2.24, 2.45) is 0 Å². The summed E-state index contributed by atoms with van der Waals surface area (Å²) in [5.74, 6) is -2.48. The van der Waals surface area contributed by atoms with Crippen LogP contribution in [-0.4, -0.2) is 50.0 Å². The normalized spacial score (nSPS) is 21.3. The Balaban J connectivity index is 0.00000274. The topological polar surface area (TPSA) is 97.1 Å². The van der Waals surface area contributed by atoms with Crippen LogP contribution >= 0.6 is 0 Å². The van der Waals surface area contributed by atoms with Crippen molar-refractivity contribution in [2.45, 2.75) is 64.1 Å². The van der Waals surface area contributed by atoms with Crippen LogP contribution in [-0.2, 0) is 4.74 Å². The third-order valence-corrected chi connectivity index (χ3v) is 6.26. The molecule has 1 saturated heterocycles. The van der Waals surface area contributed by atoms with Crippen molar-refractivity contribution < 1.29 is 23.0 Å². The Bertz CT molecular complexity index is 1120. The van der Waals surface area contributed by atoms with Gasteiger partial charge in [0.25, 0.3) is 0 Å². The van der Waals surface area contributed by atoms with E-state index in [4.69, 9.17) is 4.74 Å². The van der Waals surface area contributed by atoms with E-state index < -0.39 is 23.1 Å². The van der Waals surface area contributed by atoms with E-state index in [0.29, 0.717) is 68.1 Å². The largest absolute Gasteiger partial charge is 0.393 e. The van der Waals surface area contributed by atoms with Crippen LogP contribution in [0.25, 0.3) is 11.2 Å². The summed E-state index contributed by atoms with van der Waals surface area (Å²) in [6.07, 6.45) is 5.39. The number of ether oxygens (including phenoxy) is 1. The Morgan fingerprint density at radius 2 is 1.65 bits per heavy atom. The molecule has 1 aromatic carbocycles. The van der Waals surface area contributed by atoms with Crippen LogP contribution in [0, 0.1) is 17.5 Å². The first-order valence-electron chi connectivity index (χ1n) is 11.2. The van der Waals surface area contributed by atoms with Gasteiger partial charge in [0.05, 0.1) is 12.3 Å². The summed E-state index contributed by atoms with van der Waals surface area (Å²) < 4.78 is 49.3. The Morgan fingerprint density at radius 3 is 2.32 bits per heavy atom. The number of aliphatic hydroxyl groups is 1. The number of hydrogen-bond acceptors (Lipinski definition) is 7. The summed E-state index contributed by atoms with van der Waals surface area (Å²) in [7, 11) is 0. The molecule has 184 valence electrons. The number of benzene rings is 1. The van der Waals surface area contributed by atoms with E-state index in [-0.39, 0.29) is 31.6 Å². The van der Waals surface area contributed by atoms with Gasteiger partial charge in [-0.1, -0.05) is 7.43 Å². The minimum absolute atomic E-state index is 0. The number of aliphatic hydroxyl groups excluding tert-OH is 1. The first kappa shape index (κ1) is 24.2. The second kappa shape index (κ2) is 10.1. The molecule has 0 radical (unpaired) electrons. The molecule has 8 nitrogen and oxygen atoms in total. The Kier molecular flexibility index (Phi) is 7.22. The highest BCUT2D eigenvalue weighted by Gasteiger charge is 2.27. The maximum absolute atomic E-state index is 14.3. The summed E-state index contributed by atoms with van der Waals surface area (Å²) in [5.41, 5.74) is 0.493. The number of halogens is 3. The minimum atomic E-state index is -1.06. The van der Waals surface area contributed by atoms with Crippen LogP contribution in [0.15, 0.2) is 18.3 Å². The molecular formula is C23H29F3N6O2. The van der Waals surface area contributed by atoms with Crippen molar-refractivity contribution in [1.29, 1.82) is 0 Å². The smallest absolute Gasteiger partial charge is 0.224 e. The number of aromatic nitrogens is 4. The van der Waals surface area contributed by atoms with Crippen LogP contribution in [0.5, 0.6) is 0 Å². The highest BCUT2D eigenvalue weighted by molar-refractivity contribution is 5.76. The summed E-state index contributed by atoms with van der Waals surface area (Å²) in [5, 5.41) is 16.0. The predicted molar refractivity (Wildman–Crippen MR) is 123 cm³/mol. The summed E-state index contributed by atoms with van der Waals surface area (Å²) in [6, 6.07) is 1.34. The molecular weight excluding hydrogens is 449 g/mol. The monoisotopic (exact) mass is 478 g/mol. The molecule has 3 heterocycles. The van der Waals surface area contributed by atoms with Crippen LogP contribution in [0.2, 0.25) is 0 Å². The van der Waals surface area contributed by atoms with Gasteiger partial charge in [-0.05, 0) is 38.5 Å². The summed E-state index contributed by atoms with van der Waals surface area (Å²) in [6.45, 7) is 1.34. The Labute approximate surface area is 195 Å². The third kappa shape index (κ3) is 4.95. The van der Waals surface area contributed by atoms with Gasteiger partial charge in [0, 0.05) is 37.4 Å². The minimum Gasteiger partial charge on any atom is -0.393 e. The maximum atomic E-state index is 14.3. The highest BCUT2D eigenvalue weighted by Crippen LogP contribution is 2.35. The predicted octanol–water partition coefficient (Wildman–Crippen LogP) is 4.69. The first-order chi connectivity index (χ1) is 16.0. The first-order valence-corrected chi connectivity index (χ1v) is 11.2. The number of anilines is 3. The van der Waals surface area contributed by atoms with E-state index in [1.165, 1.54) is 0 Å². The molecule has 0 spiro atoms. The molecule has 0 amide bonds. The number of imidazole rings is 1. The van der Waals surface area contributed by atoms with Crippen LogP contribution in [0.3, 0.4) is 0 Å². The average molecular weight is 479 g/mol. The van der Waals surface area contributed by atoms with E-state index in [1.54, 1.807) is 10.8 Å². The molecule has 0 atom stereocenters. The molecule has 1 aliphatic heterocycles. The van der Waals surface area contributed by atoms with Crippen LogP contribution < -0.4 is 10.6 Å². The van der Waals surface area contributed by atoms with Gasteiger partial charge >= 0.3 is 0 Å². The third-order valence-electron chi connectivity index (χ3n) is 6.26.